The number of hydrogen-bond acceptors (Lipinski definition) is 4. The lowest BCUT2D eigenvalue weighted by Crippen LogP contribution is -2.04. The highest BCUT2D eigenvalue weighted by Crippen LogP contribution is 2.19. The molecule has 1 heterocycles. The van der Waals surface area contributed by atoms with Crippen molar-refractivity contribution in [1.82, 2.24) is 15.4 Å². The van der Waals surface area contributed by atoms with E-state index in [1.165, 1.54) is 13.3 Å². The molecule has 0 atom stereocenters. The summed E-state index contributed by atoms with van der Waals surface area (Å²) in [7, 11) is 1.52. The van der Waals surface area contributed by atoms with E-state index in [1.807, 2.05) is 0 Å². The van der Waals surface area contributed by atoms with E-state index >= 15 is 0 Å². The fourth-order valence-electron chi connectivity index (χ4n) is 1.28. The fraction of sp³-hybridized carbons (Fsp3) is 0.100. The summed E-state index contributed by atoms with van der Waals surface area (Å²) in [4.78, 5) is 11.9. The van der Waals surface area contributed by atoms with Gasteiger partial charge in [-0.15, -0.1) is 0 Å². The van der Waals surface area contributed by atoms with Crippen molar-refractivity contribution < 1.29 is 9.53 Å². The summed E-state index contributed by atoms with van der Waals surface area (Å²) in [6.45, 7) is 0. The van der Waals surface area contributed by atoms with Gasteiger partial charge in [0.2, 0.25) is 5.78 Å². The molecule has 0 aliphatic carbocycles. The Balaban J connectivity index is 2.42. The molecule has 0 radical (unpaired) electrons. The first-order chi connectivity index (χ1) is 7.33. The Bertz CT molecular complexity index is 465. The van der Waals surface area contributed by atoms with E-state index in [1.54, 1.807) is 24.3 Å². The molecule has 0 fully saturated rings. The molecule has 0 bridgehead atoms. The number of rotatable bonds is 3. The van der Waals surface area contributed by atoms with Crippen molar-refractivity contribution in [2.45, 2.75) is 0 Å². The van der Waals surface area contributed by atoms with Gasteiger partial charge >= 0.3 is 0 Å². The van der Waals surface area contributed by atoms with Gasteiger partial charge in [0.25, 0.3) is 0 Å². The van der Waals surface area contributed by atoms with Crippen molar-refractivity contribution in [3.05, 3.63) is 41.7 Å². The summed E-state index contributed by atoms with van der Waals surface area (Å²) in [5.41, 5.74) is 0.758. The molecule has 0 aliphatic rings. The number of hydrogen-bond donors (Lipinski definition) is 1. The quantitative estimate of drug-likeness (QED) is 0.757. The standard InChI is InChI=1S/C10H9N3O2/c1-15-9-5-3-2-4-7(9)10(14)8-6-11-13-12-8/h2-6H,1H3,(H,11,12,13). The lowest BCUT2D eigenvalue weighted by molar-refractivity contribution is 0.103. The number of ketones is 1. The van der Waals surface area contributed by atoms with E-state index in [4.69, 9.17) is 4.74 Å². The first-order valence-electron chi connectivity index (χ1n) is 4.36. The van der Waals surface area contributed by atoms with E-state index in [0.29, 0.717) is 11.3 Å². The normalized spacial score (nSPS) is 9.93. The summed E-state index contributed by atoms with van der Waals surface area (Å²) in [5, 5.41) is 9.71. The first kappa shape index (κ1) is 9.39. The van der Waals surface area contributed by atoms with E-state index in [9.17, 15) is 4.79 Å². The summed E-state index contributed by atoms with van der Waals surface area (Å²) in [6, 6.07) is 7.00. The lowest BCUT2D eigenvalue weighted by atomic mass is 10.1. The van der Waals surface area contributed by atoms with Crippen LogP contribution >= 0.6 is 0 Å². The molecule has 1 aromatic heterocycles. The molecule has 1 aromatic carbocycles. The Kier molecular flexibility index (Phi) is 2.45. The van der Waals surface area contributed by atoms with Gasteiger partial charge in [0.1, 0.15) is 5.75 Å². The summed E-state index contributed by atoms with van der Waals surface area (Å²) in [5.74, 6) is 0.326. The Morgan fingerprint density at radius 2 is 2.20 bits per heavy atom. The van der Waals surface area contributed by atoms with Crippen LogP contribution in [0.15, 0.2) is 30.5 Å². The second kappa shape index (κ2) is 3.91. The van der Waals surface area contributed by atoms with E-state index < -0.39 is 0 Å². The molecule has 76 valence electrons. The molecule has 0 saturated heterocycles. The predicted molar refractivity (Wildman–Crippen MR) is 52.8 cm³/mol. The molecule has 15 heavy (non-hydrogen) atoms. The molecule has 0 spiro atoms. The van der Waals surface area contributed by atoms with Crippen molar-refractivity contribution in [3.63, 3.8) is 0 Å². The number of nitrogens with zero attached hydrogens (tertiary/aromatic N) is 2. The van der Waals surface area contributed by atoms with Crippen LogP contribution in [0.4, 0.5) is 0 Å². The van der Waals surface area contributed by atoms with Gasteiger partial charge in [-0.2, -0.15) is 15.4 Å². The van der Waals surface area contributed by atoms with Crippen LogP contribution in [0.2, 0.25) is 0 Å². The number of nitrogens with one attached hydrogen (secondary N) is 1. The second-order valence-corrected chi connectivity index (χ2v) is 2.88. The van der Waals surface area contributed by atoms with Gasteiger partial charge < -0.3 is 4.74 Å². The van der Waals surface area contributed by atoms with Gasteiger partial charge in [-0.05, 0) is 12.1 Å². The third-order valence-corrected chi connectivity index (χ3v) is 2.00. The Morgan fingerprint density at radius 3 is 2.87 bits per heavy atom. The molecule has 0 unspecified atom stereocenters. The number of para-hydroxylation sites is 1. The van der Waals surface area contributed by atoms with E-state index in [0.717, 1.165) is 0 Å². The zero-order valence-electron chi connectivity index (χ0n) is 8.10. The SMILES string of the molecule is COc1ccccc1C(=O)c1cn[nH]n1. The average molecular weight is 203 g/mol. The monoisotopic (exact) mass is 203 g/mol. The van der Waals surface area contributed by atoms with Gasteiger partial charge in [0.15, 0.2) is 5.69 Å². The Labute approximate surface area is 86.1 Å². The van der Waals surface area contributed by atoms with Crippen LogP contribution in [-0.4, -0.2) is 28.3 Å². The Morgan fingerprint density at radius 1 is 1.40 bits per heavy atom. The minimum absolute atomic E-state index is 0.207. The van der Waals surface area contributed by atoms with Gasteiger partial charge in [0.05, 0.1) is 18.9 Å². The first-order valence-corrected chi connectivity index (χ1v) is 4.36. The number of carbonyl (C=O) groups excluding carboxylic acids is 1. The van der Waals surface area contributed by atoms with Crippen molar-refractivity contribution in [1.29, 1.82) is 0 Å². The second-order valence-electron chi connectivity index (χ2n) is 2.88. The molecule has 5 heteroatoms. The maximum Gasteiger partial charge on any atom is 0.218 e. The fourth-order valence-corrected chi connectivity index (χ4v) is 1.28. The molecular formula is C10H9N3O2. The molecule has 2 aromatic rings. The van der Waals surface area contributed by atoms with Crippen molar-refractivity contribution >= 4 is 5.78 Å². The van der Waals surface area contributed by atoms with Gasteiger partial charge in [0, 0.05) is 0 Å². The van der Waals surface area contributed by atoms with Crippen LogP contribution in [0.1, 0.15) is 16.1 Å². The highest BCUT2D eigenvalue weighted by atomic mass is 16.5. The topological polar surface area (TPSA) is 67.9 Å². The predicted octanol–water partition coefficient (Wildman–Crippen LogP) is 1.04. The summed E-state index contributed by atoms with van der Waals surface area (Å²) in [6.07, 6.45) is 1.38. The molecular weight excluding hydrogens is 194 g/mol. The van der Waals surface area contributed by atoms with Gasteiger partial charge in [-0.1, -0.05) is 12.1 Å². The highest BCUT2D eigenvalue weighted by Gasteiger charge is 2.15. The van der Waals surface area contributed by atoms with E-state index in [2.05, 4.69) is 15.4 Å². The zero-order chi connectivity index (χ0) is 10.7. The highest BCUT2D eigenvalue weighted by molar-refractivity contribution is 6.09. The van der Waals surface area contributed by atoms with Crippen LogP contribution in [0.3, 0.4) is 0 Å². The number of aromatic amines is 1. The number of carbonyl (C=O) groups is 1. The van der Waals surface area contributed by atoms with Crippen LogP contribution < -0.4 is 4.74 Å². The van der Waals surface area contributed by atoms with Crippen molar-refractivity contribution in [2.24, 2.45) is 0 Å². The van der Waals surface area contributed by atoms with Crippen LogP contribution in [0.25, 0.3) is 0 Å². The Hall–Kier alpha value is -2.17. The molecule has 0 amide bonds. The molecule has 0 saturated carbocycles. The number of ether oxygens (including phenoxy) is 1. The number of aromatic nitrogens is 3. The molecule has 2 rings (SSSR count). The molecule has 0 aliphatic heterocycles. The lowest BCUT2D eigenvalue weighted by Gasteiger charge is -2.04. The minimum atomic E-state index is -0.207. The summed E-state index contributed by atoms with van der Waals surface area (Å²) >= 11 is 0. The number of methoxy groups -OCH3 is 1. The third kappa shape index (κ3) is 1.71. The zero-order valence-corrected chi connectivity index (χ0v) is 8.10. The van der Waals surface area contributed by atoms with Gasteiger partial charge in [-0.25, -0.2) is 0 Å². The van der Waals surface area contributed by atoms with Crippen molar-refractivity contribution in [2.75, 3.05) is 7.11 Å². The minimum Gasteiger partial charge on any atom is -0.496 e. The largest absolute Gasteiger partial charge is 0.496 e. The van der Waals surface area contributed by atoms with Crippen LogP contribution in [0.5, 0.6) is 5.75 Å². The third-order valence-electron chi connectivity index (χ3n) is 2.00. The summed E-state index contributed by atoms with van der Waals surface area (Å²) < 4.78 is 5.09. The average Bonchev–Trinajstić information content (AvgIpc) is 2.81. The molecule has 5 nitrogen and oxygen atoms in total. The van der Waals surface area contributed by atoms with Crippen LogP contribution in [0, 0.1) is 0 Å². The molecule has 1 N–H and O–H groups in total. The van der Waals surface area contributed by atoms with Gasteiger partial charge in [-0.3, -0.25) is 4.79 Å². The van der Waals surface area contributed by atoms with E-state index in [-0.39, 0.29) is 11.5 Å². The van der Waals surface area contributed by atoms with Crippen molar-refractivity contribution in [3.8, 4) is 5.75 Å². The number of H-pyrrole nitrogens is 1. The van der Waals surface area contributed by atoms with Crippen LogP contribution in [-0.2, 0) is 0 Å². The maximum atomic E-state index is 11.9. The maximum absolute atomic E-state index is 11.9. The smallest absolute Gasteiger partial charge is 0.218 e. The number of benzene rings is 1.